The summed E-state index contributed by atoms with van der Waals surface area (Å²) >= 11 is 1.78. The van der Waals surface area contributed by atoms with Crippen LogP contribution >= 0.6 is 11.8 Å². The highest BCUT2D eigenvalue weighted by atomic mass is 32.2. The number of thioether (sulfide) groups is 1. The standard InChI is InChI=1S/C23H24N2S/c1-25(2)21-13-10-18(11-14-21)8-9-19-12-15-22(24)23(16-19)26-17-20-6-4-3-5-7-20/h3-16H,17,24H2,1-2H3/b9-8+. The van der Waals surface area contributed by atoms with E-state index in [2.05, 4.69) is 77.7 Å². The molecule has 0 aliphatic carbocycles. The smallest absolute Gasteiger partial charge is 0.0452 e. The Hall–Kier alpha value is -2.65. The minimum atomic E-state index is 0.832. The van der Waals surface area contributed by atoms with Gasteiger partial charge in [-0.3, -0.25) is 0 Å². The number of benzene rings is 3. The molecule has 0 aliphatic heterocycles. The van der Waals surface area contributed by atoms with E-state index in [1.165, 1.54) is 16.8 Å². The van der Waals surface area contributed by atoms with Crippen molar-refractivity contribution >= 4 is 35.3 Å². The van der Waals surface area contributed by atoms with Gasteiger partial charge in [-0.15, -0.1) is 11.8 Å². The van der Waals surface area contributed by atoms with Gasteiger partial charge < -0.3 is 10.6 Å². The number of nitrogens with zero attached hydrogens (tertiary/aromatic N) is 1. The highest BCUT2D eigenvalue weighted by Gasteiger charge is 2.02. The molecule has 3 rings (SSSR count). The normalized spacial score (nSPS) is 11.0. The SMILES string of the molecule is CN(C)c1ccc(/C=C/c2ccc(N)c(SCc3ccccc3)c2)cc1. The Balaban J connectivity index is 1.70. The van der Waals surface area contributed by atoms with Gasteiger partial charge in [-0.2, -0.15) is 0 Å². The molecule has 3 aromatic rings. The van der Waals surface area contributed by atoms with Crippen molar-refractivity contribution in [3.05, 3.63) is 89.5 Å². The number of hydrogen-bond donors (Lipinski definition) is 1. The van der Waals surface area contributed by atoms with Crippen LogP contribution in [0.3, 0.4) is 0 Å². The van der Waals surface area contributed by atoms with Crippen molar-refractivity contribution in [1.82, 2.24) is 0 Å². The third kappa shape index (κ3) is 4.93. The minimum Gasteiger partial charge on any atom is -0.398 e. The fourth-order valence-corrected chi connectivity index (χ4v) is 3.56. The lowest BCUT2D eigenvalue weighted by Crippen LogP contribution is -2.07. The molecule has 3 aromatic carbocycles. The number of anilines is 2. The molecule has 0 atom stereocenters. The van der Waals surface area contributed by atoms with Crippen molar-refractivity contribution in [2.75, 3.05) is 24.7 Å². The molecule has 26 heavy (non-hydrogen) atoms. The lowest BCUT2D eigenvalue weighted by molar-refractivity contribution is 1.13. The lowest BCUT2D eigenvalue weighted by atomic mass is 10.1. The summed E-state index contributed by atoms with van der Waals surface area (Å²) < 4.78 is 0. The van der Waals surface area contributed by atoms with Gasteiger partial charge in [-0.05, 0) is 41.0 Å². The van der Waals surface area contributed by atoms with Crippen LogP contribution in [-0.4, -0.2) is 14.1 Å². The van der Waals surface area contributed by atoms with E-state index in [0.717, 1.165) is 21.9 Å². The van der Waals surface area contributed by atoms with Gasteiger partial charge in [0.05, 0.1) is 0 Å². The van der Waals surface area contributed by atoms with Gasteiger partial charge in [0.25, 0.3) is 0 Å². The average Bonchev–Trinajstić information content (AvgIpc) is 2.67. The van der Waals surface area contributed by atoms with Crippen LogP contribution in [0.25, 0.3) is 12.2 Å². The Morgan fingerprint density at radius 2 is 1.50 bits per heavy atom. The second kappa shape index (κ2) is 8.63. The van der Waals surface area contributed by atoms with Crippen molar-refractivity contribution < 1.29 is 0 Å². The molecular weight excluding hydrogens is 336 g/mol. The van der Waals surface area contributed by atoms with Gasteiger partial charge in [0.15, 0.2) is 0 Å². The maximum atomic E-state index is 6.16. The maximum absolute atomic E-state index is 6.16. The minimum absolute atomic E-state index is 0.832. The molecule has 0 aromatic heterocycles. The first-order valence-corrected chi connectivity index (χ1v) is 9.62. The molecule has 0 unspecified atom stereocenters. The highest BCUT2D eigenvalue weighted by Crippen LogP contribution is 2.29. The van der Waals surface area contributed by atoms with E-state index < -0.39 is 0 Å². The summed E-state index contributed by atoms with van der Waals surface area (Å²) in [6, 6.07) is 25.2. The first kappa shape index (κ1) is 18.2. The van der Waals surface area contributed by atoms with Crippen molar-refractivity contribution in [1.29, 1.82) is 0 Å². The zero-order valence-corrected chi connectivity index (χ0v) is 16.0. The molecule has 0 bridgehead atoms. The van der Waals surface area contributed by atoms with E-state index >= 15 is 0 Å². The Morgan fingerprint density at radius 3 is 2.19 bits per heavy atom. The fraction of sp³-hybridized carbons (Fsp3) is 0.130. The van der Waals surface area contributed by atoms with Crippen molar-refractivity contribution in [2.45, 2.75) is 10.6 Å². The second-order valence-corrected chi connectivity index (χ2v) is 7.41. The summed E-state index contributed by atoms with van der Waals surface area (Å²) in [6.45, 7) is 0. The Labute approximate surface area is 160 Å². The first-order chi connectivity index (χ1) is 12.6. The zero-order valence-electron chi connectivity index (χ0n) is 15.2. The Bertz CT molecular complexity index is 868. The monoisotopic (exact) mass is 360 g/mol. The number of hydrogen-bond acceptors (Lipinski definition) is 3. The third-order valence-corrected chi connectivity index (χ3v) is 5.29. The van der Waals surface area contributed by atoms with Crippen molar-refractivity contribution in [3.8, 4) is 0 Å². The topological polar surface area (TPSA) is 29.3 Å². The summed E-state index contributed by atoms with van der Waals surface area (Å²) in [5, 5.41) is 0. The van der Waals surface area contributed by atoms with E-state index in [4.69, 9.17) is 5.73 Å². The van der Waals surface area contributed by atoms with Crippen LogP contribution in [-0.2, 0) is 5.75 Å². The molecule has 2 N–H and O–H groups in total. The summed E-state index contributed by atoms with van der Waals surface area (Å²) in [7, 11) is 4.10. The van der Waals surface area contributed by atoms with Crippen LogP contribution < -0.4 is 10.6 Å². The molecule has 0 amide bonds. The van der Waals surface area contributed by atoms with Crippen LogP contribution in [0.4, 0.5) is 11.4 Å². The number of nitrogens with two attached hydrogens (primary N) is 1. The zero-order chi connectivity index (χ0) is 18.4. The molecule has 0 spiro atoms. The van der Waals surface area contributed by atoms with Crippen LogP contribution in [0.5, 0.6) is 0 Å². The van der Waals surface area contributed by atoms with E-state index in [-0.39, 0.29) is 0 Å². The quantitative estimate of drug-likeness (QED) is 0.342. The molecule has 0 saturated carbocycles. The number of nitrogen functional groups attached to an aromatic ring is 1. The van der Waals surface area contributed by atoms with Gasteiger partial charge in [0.2, 0.25) is 0 Å². The van der Waals surface area contributed by atoms with E-state index in [1.807, 2.05) is 26.2 Å². The van der Waals surface area contributed by atoms with Gasteiger partial charge in [-0.25, -0.2) is 0 Å². The number of rotatable bonds is 6. The van der Waals surface area contributed by atoms with Crippen LogP contribution in [0.1, 0.15) is 16.7 Å². The molecule has 132 valence electrons. The largest absolute Gasteiger partial charge is 0.398 e. The predicted octanol–water partition coefficient (Wildman–Crippen LogP) is 5.80. The molecule has 0 fully saturated rings. The molecule has 0 aliphatic rings. The van der Waals surface area contributed by atoms with Crippen LogP contribution in [0.15, 0.2) is 77.7 Å². The lowest BCUT2D eigenvalue weighted by Gasteiger charge is -2.11. The fourth-order valence-electron chi connectivity index (χ4n) is 2.59. The molecule has 3 heteroatoms. The van der Waals surface area contributed by atoms with Crippen molar-refractivity contribution in [2.24, 2.45) is 0 Å². The first-order valence-electron chi connectivity index (χ1n) is 8.63. The molecule has 0 heterocycles. The van der Waals surface area contributed by atoms with Crippen LogP contribution in [0, 0.1) is 0 Å². The summed E-state index contributed by atoms with van der Waals surface area (Å²) in [5.41, 5.74) is 11.8. The van der Waals surface area contributed by atoms with Gasteiger partial charge in [0.1, 0.15) is 0 Å². The molecular formula is C23H24N2S. The predicted molar refractivity (Wildman–Crippen MR) is 117 cm³/mol. The summed E-state index contributed by atoms with van der Waals surface area (Å²) in [6.07, 6.45) is 4.27. The van der Waals surface area contributed by atoms with Gasteiger partial charge >= 0.3 is 0 Å². The van der Waals surface area contributed by atoms with Gasteiger partial charge in [-0.1, -0.05) is 60.7 Å². The molecule has 0 radical (unpaired) electrons. The Kier molecular flexibility index (Phi) is 6.03. The second-order valence-electron chi connectivity index (χ2n) is 6.39. The Morgan fingerprint density at radius 1 is 0.846 bits per heavy atom. The summed E-state index contributed by atoms with van der Waals surface area (Å²) in [4.78, 5) is 3.22. The van der Waals surface area contributed by atoms with Gasteiger partial charge in [0, 0.05) is 36.1 Å². The molecule has 0 saturated heterocycles. The maximum Gasteiger partial charge on any atom is 0.0452 e. The summed E-state index contributed by atoms with van der Waals surface area (Å²) in [5.74, 6) is 0.921. The van der Waals surface area contributed by atoms with E-state index in [1.54, 1.807) is 11.8 Å². The van der Waals surface area contributed by atoms with E-state index in [9.17, 15) is 0 Å². The van der Waals surface area contributed by atoms with Crippen molar-refractivity contribution in [3.63, 3.8) is 0 Å². The molecule has 2 nitrogen and oxygen atoms in total. The van der Waals surface area contributed by atoms with E-state index in [0.29, 0.717) is 0 Å². The third-order valence-electron chi connectivity index (χ3n) is 4.15. The highest BCUT2D eigenvalue weighted by molar-refractivity contribution is 7.98. The average molecular weight is 361 g/mol. The van der Waals surface area contributed by atoms with Crippen LogP contribution in [0.2, 0.25) is 0 Å².